The van der Waals surface area contributed by atoms with Gasteiger partial charge in [-0.25, -0.2) is 0 Å². The van der Waals surface area contributed by atoms with E-state index in [-0.39, 0.29) is 6.42 Å². The van der Waals surface area contributed by atoms with Crippen LogP contribution in [0.4, 0.5) is 13.2 Å². The molecule has 0 aromatic heterocycles. The standard InChI is InChI=1S/C11H9F3/c12-11(13,14)9-5-4-8-10-6-2-1-3-7-10/h1-3,6-7H,4,8H2. The Hall–Kier alpha value is -1.43. The van der Waals surface area contributed by atoms with Gasteiger partial charge in [-0.3, -0.25) is 0 Å². The molecule has 0 saturated heterocycles. The molecule has 0 fully saturated rings. The van der Waals surface area contributed by atoms with Crippen LogP contribution in [-0.4, -0.2) is 6.18 Å². The Bertz CT molecular complexity index is 327. The second-order valence-corrected chi connectivity index (χ2v) is 2.79. The van der Waals surface area contributed by atoms with Gasteiger partial charge < -0.3 is 0 Å². The Balaban J connectivity index is 2.39. The van der Waals surface area contributed by atoms with Crippen LogP contribution in [-0.2, 0) is 6.42 Å². The maximum atomic E-state index is 11.6. The Morgan fingerprint density at radius 2 is 1.71 bits per heavy atom. The lowest BCUT2D eigenvalue weighted by Crippen LogP contribution is -2.01. The first-order valence-corrected chi connectivity index (χ1v) is 4.18. The molecule has 0 unspecified atom stereocenters. The van der Waals surface area contributed by atoms with Crippen LogP contribution in [0.15, 0.2) is 30.3 Å². The molecule has 0 aliphatic rings. The zero-order valence-corrected chi connectivity index (χ0v) is 7.43. The van der Waals surface area contributed by atoms with Gasteiger partial charge in [-0.05, 0) is 12.0 Å². The van der Waals surface area contributed by atoms with E-state index in [0.29, 0.717) is 6.42 Å². The largest absolute Gasteiger partial charge is 0.457 e. The molecule has 0 atom stereocenters. The van der Waals surface area contributed by atoms with Crippen molar-refractivity contribution in [2.75, 3.05) is 0 Å². The van der Waals surface area contributed by atoms with Gasteiger partial charge in [-0.15, -0.1) is 0 Å². The molecule has 0 radical (unpaired) electrons. The minimum Gasteiger partial charge on any atom is -0.159 e. The molecule has 0 aliphatic heterocycles. The van der Waals surface area contributed by atoms with Crippen molar-refractivity contribution in [3.05, 3.63) is 35.9 Å². The smallest absolute Gasteiger partial charge is 0.159 e. The summed E-state index contributed by atoms with van der Waals surface area (Å²) in [6.07, 6.45) is -3.57. The van der Waals surface area contributed by atoms with Crippen molar-refractivity contribution in [3.8, 4) is 11.8 Å². The zero-order valence-electron chi connectivity index (χ0n) is 7.43. The molecule has 0 amide bonds. The van der Waals surface area contributed by atoms with Gasteiger partial charge in [0.15, 0.2) is 0 Å². The third-order valence-corrected chi connectivity index (χ3v) is 1.61. The van der Waals surface area contributed by atoms with E-state index in [2.05, 4.69) is 5.92 Å². The molecule has 0 aliphatic carbocycles. The van der Waals surface area contributed by atoms with Crippen molar-refractivity contribution >= 4 is 0 Å². The van der Waals surface area contributed by atoms with E-state index in [0.717, 1.165) is 5.56 Å². The first-order chi connectivity index (χ1) is 6.58. The van der Waals surface area contributed by atoms with Crippen LogP contribution in [0.5, 0.6) is 0 Å². The number of alkyl halides is 3. The van der Waals surface area contributed by atoms with Crippen LogP contribution >= 0.6 is 0 Å². The van der Waals surface area contributed by atoms with Gasteiger partial charge in [0.25, 0.3) is 0 Å². The van der Waals surface area contributed by atoms with Gasteiger partial charge in [0, 0.05) is 12.3 Å². The predicted octanol–water partition coefficient (Wildman–Crippen LogP) is 3.18. The highest BCUT2D eigenvalue weighted by molar-refractivity contribution is 5.16. The monoisotopic (exact) mass is 198 g/mol. The van der Waals surface area contributed by atoms with E-state index in [4.69, 9.17) is 0 Å². The van der Waals surface area contributed by atoms with E-state index >= 15 is 0 Å². The highest BCUT2D eigenvalue weighted by Crippen LogP contribution is 2.12. The summed E-state index contributed by atoms with van der Waals surface area (Å²) < 4.78 is 34.8. The second-order valence-electron chi connectivity index (χ2n) is 2.79. The summed E-state index contributed by atoms with van der Waals surface area (Å²) in [6.45, 7) is 0. The molecule has 0 nitrogen and oxygen atoms in total. The van der Waals surface area contributed by atoms with Crippen LogP contribution in [0, 0.1) is 11.8 Å². The van der Waals surface area contributed by atoms with E-state index in [9.17, 15) is 13.2 Å². The average molecular weight is 198 g/mol. The SMILES string of the molecule is FC(F)(F)C#CCCc1ccccc1. The van der Waals surface area contributed by atoms with Crippen molar-refractivity contribution in [1.82, 2.24) is 0 Å². The lowest BCUT2D eigenvalue weighted by Gasteiger charge is -1.95. The first-order valence-electron chi connectivity index (χ1n) is 4.18. The lowest BCUT2D eigenvalue weighted by atomic mass is 10.1. The van der Waals surface area contributed by atoms with E-state index in [1.807, 2.05) is 30.3 Å². The van der Waals surface area contributed by atoms with E-state index in [1.165, 1.54) is 5.92 Å². The maximum Gasteiger partial charge on any atom is 0.457 e. The lowest BCUT2D eigenvalue weighted by molar-refractivity contribution is -0.0697. The molecule has 1 aromatic carbocycles. The number of halogens is 3. The van der Waals surface area contributed by atoms with E-state index < -0.39 is 6.18 Å². The summed E-state index contributed by atoms with van der Waals surface area (Å²) in [5.74, 6) is 3.34. The van der Waals surface area contributed by atoms with Crippen LogP contribution < -0.4 is 0 Å². The van der Waals surface area contributed by atoms with Gasteiger partial charge in [0.1, 0.15) is 0 Å². The van der Waals surface area contributed by atoms with Crippen molar-refractivity contribution in [3.63, 3.8) is 0 Å². The van der Waals surface area contributed by atoms with Gasteiger partial charge in [-0.2, -0.15) is 13.2 Å². The summed E-state index contributed by atoms with van der Waals surface area (Å²) >= 11 is 0. The fourth-order valence-corrected chi connectivity index (χ4v) is 1.01. The number of rotatable bonds is 2. The van der Waals surface area contributed by atoms with Gasteiger partial charge in [0.2, 0.25) is 0 Å². The Morgan fingerprint density at radius 3 is 2.29 bits per heavy atom. The van der Waals surface area contributed by atoms with Crippen LogP contribution in [0.25, 0.3) is 0 Å². The Kier molecular flexibility index (Phi) is 3.58. The molecule has 3 heteroatoms. The molecule has 14 heavy (non-hydrogen) atoms. The average Bonchev–Trinajstić information content (AvgIpc) is 2.13. The molecule has 1 rings (SSSR count). The van der Waals surface area contributed by atoms with Gasteiger partial charge in [0.05, 0.1) is 0 Å². The third-order valence-electron chi connectivity index (χ3n) is 1.61. The molecule has 0 N–H and O–H groups in total. The highest BCUT2D eigenvalue weighted by atomic mass is 19.4. The Labute approximate surface area is 80.8 Å². The quantitative estimate of drug-likeness (QED) is 0.640. The summed E-state index contributed by atoms with van der Waals surface area (Å²) in [6, 6.07) is 9.31. The fourth-order valence-electron chi connectivity index (χ4n) is 1.01. The number of benzene rings is 1. The fraction of sp³-hybridized carbons (Fsp3) is 0.273. The molecule has 74 valence electrons. The summed E-state index contributed by atoms with van der Waals surface area (Å²) in [7, 11) is 0. The molecule has 0 bridgehead atoms. The molecule has 0 heterocycles. The van der Waals surface area contributed by atoms with Crippen LogP contribution in [0.1, 0.15) is 12.0 Å². The summed E-state index contributed by atoms with van der Waals surface area (Å²) in [5.41, 5.74) is 1.00. The van der Waals surface area contributed by atoms with Crippen molar-refractivity contribution in [2.45, 2.75) is 19.0 Å². The van der Waals surface area contributed by atoms with Crippen molar-refractivity contribution in [2.24, 2.45) is 0 Å². The molecular formula is C11H9F3. The molecule has 0 spiro atoms. The highest BCUT2D eigenvalue weighted by Gasteiger charge is 2.22. The predicted molar refractivity (Wildman–Crippen MR) is 48.6 cm³/mol. The minimum atomic E-state index is -4.36. The molecule has 1 aromatic rings. The van der Waals surface area contributed by atoms with Crippen molar-refractivity contribution < 1.29 is 13.2 Å². The topological polar surface area (TPSA) is 0 Å². The number of hydrogen-bond acceptors (Lipinski definition) is 0. The third kappa shape index (κ3) is 4.56. The van der Waals surface area contributed by atoms with Crippen LogP contribution in [0.3, 0.4) is 0 Å². The maximum absolute atomic E-state index is 11.6. The molecule has 0 saturated carbocycles. The number of aryl methyl sites for hydroxylation is 1. The molecular weight excluding hydrogens is 189 g/mol. The van der Waals surface area contributed by atoms with Crippen molar-refractivity contribution in [1.29, 1.82) is 0 Å². The second kappa shape index (κ2) is 4.71. The summed E-state index contributed by atoms with van der Waals surface area (Å²) in [5, 5.41) is 0. The van der Waals surface area contributed by atoms with E-state index in [1.54, 1.807) is 0 Å². The van der Waals surface area contributed by atoms with Crippen LogP contribution in [0.2, 0.25) is 0 Å². The van der Waals surface area contributed by atoms with Gasteiger partial charge in [-0.1, -0.05) is 36.3 Å². The summed E-state index contributed by atoms with van der Waals surface area (Å²) in [4.78, 5) is 0. The number of hydrogen-bond donors (Lipinski definition) is 0. The minimum absolute atomic E-state index is 0.240. The zero-order chi connectivity index (χ0) is 10.4. The van der Waals surface area contributed by atoms with Gasteiger partial charge >= 0.3 is 6.18 Å². The Morgan fingerprint density at radius 1 is 1.07 bits per heavy atom. The normalized spacial score (nSPS) is 10.5. The first kappa shape index (κ1) is 10.6.